The highest BCUT2D eigenvalue weighted by molar-refractivity contribution is 7.46. The minimum absolute atomic E-state index is 0.0125. The van der Waals surface area contributed by atoms with Crippen LogP contribution >= 0.6 is 7.82 Å². The summed E-state index contributed by atoms with van der Waals surface area (Å²) in [5.74, 6) is 0.148. The van der Waals surface area contributed by atoms with Gasteiger partial charge in [-0.1, -0.05) is 0 Å². The highest BCUT2D eigenvalue weighted by Crippen LogP contribution is 2.41. The maximum Gasteiger partial charge on any atom is 0.469 e. The molecule has 0 amide bonds. The van der Waals surface area contributed by atoms with Crippen LogP contribution < -0.4 is 14.8 Å². The van der Waals surface area contributed by atoms with Gasteiger partial charge in [-0.05, 0) is 17.7 Å². The number of hydrogen-bond donors (Lipinski definition) is 7. The molecule has 1 aliphatic heterocycles. The van der Waals surface area contributed by atoms with Crippen LogP contribution in [0.5, 0.6) is 17.2 Å². The van der Waals surface area contributed by atoms with E-state index in [4.69, 9.17) is 24.0 Å². The first kappa shape index (κ1) is 24.1. The lowest BCUT2D eigenvalue weighted by Crippen LogP contribution is -2.36. The topological polar surface area (TPSA) is 222 Å². The lowest BCUT2D eigenvalue weighted by atomic mass is 10.1. The van der Waals surface area contributed by atoms with Gasteiger partial charge < -0.3 is 49.6 Å². The number of ether oxygens (including phenoxy) is 3. The summed E-state index contributed by atoms with van der Waals surface area (Å²) in [4.78, 5) is 32.8. The van der Waals surface area contributed by atoms with Crippen LogP contribution in [-0.4, -0.2) is 83.4 Å². The number of phosphoric acid groups is 1. The summed E-state index contributed by atoms with van der Waals surface area (Å²) in [6.07, 6.45) is -3.00. The van der Waals surface area contributed by atoms with Crippen molar-refractivity contribution in [3.05, 3.63) is 30.4 Å². The number of rotatable bonds is 9. The zero-order valence-corrected chi connectivity index (χ0v) is 18.5. The summed E-state index contributed by atoms with van der Waals surface area (Å²) in [6, 6.07) is 2.94. The summed E-state index contributed by atoms with van der Waals surface area (Å²) in [5, 5.41) is 33.9. The maximum absolute atomic E-state index is 10.9. The Kier molecular flexibility index (Phi) is 6.86. The number of nitrogens with one attached hydrogen (secondary N) is 2. The summed E-state index contributed by atoms with van der Waals surface area (Å²) in [6.45, 7) is -0.496. The molecule has 1 fully saturated rings. The first-order valence-corrected chi connectivity index (χ1v) is 11.4. The van der Waals surface area contributed by atoms with Crippen LogP contribution in [0.25, 0.3) is 11.2 Å². The lowest BCUT2D eigenvalue weighted by molar-refractivity contribution is -0.116. The monoisotopic (exact) mass is 499 g/mol. The van der Waals surface area contributed by atoms with Crippen LogP contribution in [0.15, 0.2) is 24.8 Å². The molecule has 1 aromatic carbocycles. The smallest absolute Gasteiger partial charge is 0.469 e. The van der Waals surface area contributed by atoms with Gasteiger partial charge in [0.25, 0.3) is 0 Å². The second-order valence-corrected chi connectivity index (χ2v) is 8.49. The Morgan fingerprint density at radius 2 is 2.00 bits per heavy atom. The number of H-pyrrole nitrogens is 1. The Hall–Kier alpha value is -3.04. The number of aromatic hydroxyl groups is 1. The number of aromatic amines is 1. The summed E-state index contributed by atoms with van der Waals surface area (Å²) < 4.78 is 31.4. The van der Waals surface area contributed by atoms with E-state index in [-0.39, 0.29) is 23.8 Å². The molecule has 0 bridgehead atoms. The number of aliphatic hydroxyl groups excluding tert-OH is 2. The molecule has 4 atom stereocenters. The van der Waals surface area contributed by atoms with Crippen LogP contribution in [0.2, 0.25) is 0 Å². The van der Waals surface area contributed by atoms with Crippen LogP contribution in [0.4, 0.5) is 5.82 Å². The van der Waals surface area contributed by atoms with E-state index in [1.54, 1.807) is 0 Å². The number of aliphatic hydroxyl groups is 2. The molecule has 3 heterocycles. The van der Waals surface area contributed by atoms with Gasteiger partial charge in [0.05, 0.1) is 20.0 Å². The number of hydrogen-bond acceptors (Lipinski definition) is 12. The van der Waals surface area contributed by atoms with Crippen molar-refractivity contribution in [1.82, 2.24) is 19.9 Å². The summed E-state index contributed by atoms with van der Waals surface area (Å²) in [5.41, 5.74) is 1.60. The third kappa shape index (κ3) is 5.20. The highest BCUT2D eigenvalue weighted by Gasteiger charge is 2.45. The molecule has 34 heavy (non-hydrogen) atoms. The average molecular weight is 499 g/mol. The van der Waals surface area contributed by atoms with Gasteiger partial charge in [-0.2, -0.15) is 0 Å². The molecule has 16 heteroatoms. The Bertz CT molecular complexity index is 1200. The van der Waals surface area contributed by atoms with Crippen molar-refractivity contribution in [3.8, 4) is 17.2 Å². The average Bonchev–Trinajstić information content (AvgIpc) is 3.36. The minimum atomic E-state index is -4.81. The number of nitrogens with zero attached hydrogens (tertiary/aromatic N) is 3. The number of phenols is 1. The zero-order chi connectivity index (χ0) is 24.5. The molecule has 1 saturated heterocycles. The molecule has 7 N–H and O–H groups in total. The van der Waals surface area contributed by atoms with E-state index in [2.05, 4.69) is 29.8 Å². The predicted octanol–water partition coefficient (Wildman–Crippen LogP) is -0.386. The van der Waals surface area contributed by atoms with Crippen LogP contribution in [-0.2, 0) is 20.4 Å². The Morgan fingerprint density at radius 1 is 1.21 bits per heavy atom. The third-order valence-corrected chi connectivity index (χ3v) is 5.44. The van der Waals surface area contributed by atoms with E-state index in [1.807, 2.05) is 0 Å². The normalized spacial score (nSPS) is 22.7. The van der Waals surface area contributed by atoms with Crippen LogP contribution in [0.3, 0.4) is 0 Å². The van der Waals surface area contributed by atoms with E-state index in [0.717, 1.165) is 0 Å². The number of anilines is 1. The lowest BCUT2D eigenvalue weighted by Gasteiger charge is -2.20. The van der Waals surface area contributed by atoms with Crippen molar-refractivity contribution < 1.29 is 48.4 Å². The molecule has 0 saturated carbocycles. The first-order valence-electron chi connectivity index (χ1n) is 9.82. The van der Waals surface area contributed by atoms with Crippen molar-refractivity contribution >= 4 is 24.8 Å². The summed E-state index contributed by atoms with van der Waals surface area (Å²) in [7, 11) is -3.51. The molecule has 1 aliphatic rings. The fraction of sp³-hybridized carbons (Fsp3) is 0.389. The van der Waals surface area contributed by atoms with E-state index in [1.165, 1.54) is 31.9 Å². The van der Waals surface area contributed by atoms with E-state index < -0.39 is 39.0 Å². The van der Waals surface area contributed by atoms with Gasteiger partial charge in [-0.15, -0.1) is 0 Å². The van der Waals surface area contributed by atoms with Gasteiger partial charge >= 0.3 is 7.82 Å². The van der Waals surface area contributed by atoms with E-state index >= 15 is 0 Å². The maximum atomic E-state index is 10.9. The molecular formula is C18H22N5O10P. The Labute approximate surface area is 191 Å². The van der Waals surface area contributed by atoms with E-state index in [9.17, 15) is 19.9 Å². The summed E-state index contributed by atoms with van der Waals surface area (Å²) >= 11 is 0. The number of benzene rings is 1. The van der Waals surface area contributed by atoms with Gasteiger partial charge in [0.15, 0.2) is 23.0 Å². The number of phosphoric ester groups is 1. The van der Waals surface area contributed by atoms with Gasteiger partial charge in [0.2, 0.25) is 12.0 Å². The molecule has 2 aromatic heterocycles. The molecule has 184 valence electrons. The standard InChI is InChI=1S/C18H22N5O10P/c1-30-15-9(24)2-8(4-19-16-12-17(21-6-20-12)23-7-22-16)3-10(15)32-18-14(26)13(25)11(33-18)5-31-34(27,28)29/h2-3,6-7,11,13-14,18,24-26H,4-5H2,1H3,(H2,27,28,29)(H2,19,20,21,22,23)/t11-,13-,14-,18?/m1/s1. The molecule has 1 unspecified atom stereocenters. The molecule has 0 aliphatic carbocycles. The number of methoxy groups -OCH3 is 1. The third-order valence-electron chi connectivity index (χ3n) is 4.95. The van der Waals surface area contributed by atoms with Gasteiger partial charge in [0.1, 0.15) is 30.2 Å². The first-order chi connectivity index (χ1) is 16.2. The van der Waals surface area contributed by atoms with E-state index in [0.29, 0.717) is 22.5 Å². The molecule has 4 rings (SSSR count). The van der Waals surface area contributed by atoms with Crippen molar-refractivity contribution in [1.29, 1.82) is 0 Å². The zero-order valence-electron chi connectivity index (χ0n) is 17.6. The van der Waals surface area contributed by atoms with Crippen LogP contribution in [0.1, 0.15) is 5.56 Å². The van der Waals surface area contributed by atoms with Gasteiger partial charge in [-0.3, -0.25) is 4.52 Å². The van der Waals surface area contributed by atoms with Crippen LogP contribution in [0, 0.1) is 0 Å². The van der Waals surface area contributed by atoms with Crippen molar-refractivity contribution in [2.24, 2.45) is 0 Å². The fourth-order valence-electron chi connectivity index (χ4n) is 3.37. The second kappa shape index (κ2) is 9.68. The molecule has 3 aromatic rings. The molecular weight excluding hydrogens is 477 g/mol. The Morgan fingerprint density at radius 3 is 2.74 bits per heavy atom. The largest absolute Gasteiger partial charge is 0.504 e. The van der Waals surface area contributed by atoms with Gasteiger partial charge in [-0.25, -0.2) is 19.5 Å². The second-order valence-electron chi connectivity index (χ2n) is 7.25. The highest BCUT2D eigenvalue weighted by atomic mass is 31.2. The van der Waals surface area contributed by atoms with Crippen molar-refractivity contribution in [2.45, 2.75) is 31.1 Å². The predicted molar refractivity (Wildman–Crippen MR) is 113 cm³/mol. The molecule has 15 nitrogen and oxygen atoms in total. The number of aromatic nitrogens is 4. The van der Waals surface area contributed by atoms with Crippen molar-refractivity contribution in [3.63, 3.8) is 0 Å². The fourth-order valence-corrected chi connectivity index (χ4v) is 3.71. The van der Waals surface area contributed by atoms with Gasteiger partial charge in [0, 0.05) is 6.54 Å². The van der Waals surface area contributed by atoms with Crippen molar-refractivity contribution in [2.75, 3.05) is 19.0 Å². The number of imidazole rings is 1. The SMILES string of the molecule is COc1c(O)cc(CNc2ncnc3nc[nH]c23)cc1OC1O[C@H](COP(=O)(O)O)[C@@H](O)[C@H]1O. The molecule has 0 radical (unpaired) electrons. The minimum Gasteiger partial charge on any atom is -0.504 e. The number of fused-ring (bicyclic) bond motifs is 1. The number of phenolic OH excluding ortho intramolecular Hbond substituents is 1. The Balaban J connectivity index is 1.50. The quantitative estimate of drug-likeness (QED) is 0.186. The molecule has 0 spiro atoms.